The number of nitrogens with zero attached hydrogens (tertiary/aromatic N) is 3. The van der Waals surface area contributed by atoms with Gasteiger partial charge in [0.1, 0.15) is 25.5 Å². The van der Waals surface area contributed by atoms with Gasteiger partial charge in [-0.2, -0.15) is 4.37 Å². The third-order valence-electron chi connectivity index (χ3n) is 14.1. The number of esters is 4. The molecule has 438 valence electrons. The topological polar surface area (TPSA) is 140 Å². The van der Waals surface area contributed by atoms with Gasteiger partial charge in [0.2, 0.25) is 6.73 Å². The number of likely N-dealkylation sites (N-methyl/N-ethyl adjacent to an activating group) is 1. The van der Waals surface area contributed by atoms with Gasteiger partial charge >= 0.3 is 23.9 Å². The van der Waals surface area contributed by atoms with E-state index in [9.17, 15) is 19.2 Å². The van der Waals surface area contributed by atoms with E-state index < -0.39 is 12.1 Å². The third-order valence-corrected chi connectivity index (χ3v) is 14.6. The Labute approximate surface area is 484 Å². The highest BCUT2D eigenvalue weighted by atomic mass is 127. The monoisotopic (exact) mass is 1200 g/mol. The van der Waals surface area contributed by atoms with Gasteiger partial charge in [0, 0.05) is 37.7 Å². The number of allylic oxidation sites excluding steroid dienone is 4. The standard InChI is InChI=1S/C62H108N3O9S.HI/c1-5-8-11-14-16-18-20-22-24-26-28-30-32-34-38-45-57(66)71-52-56(53-72-58(67)46-39-35-33-31-29-27-25-23-21-19-17-15-12-9-6-2)74-60(69)48-41-37-36-40-47-59(68)73-54-65(4)49-43-44-55(51-65)61-62(64-75-63-61)70-50-42-13-10-7-3;/h22-25,44,56H,5-21,26-43,45-54H2,1-4H3;1H/q+1;/p-1/b24-22-,25-23-;. The van der Waals surface area contributed by atoms with E-state index in [1.165, 1.54) is 127 Å². The molecule has 1 aromatic heterocycles. The van der Waals surface area contributed by atoms with Gasteiger partial charge in [0.15, 0.2) is 6.10 Å². The maximum atomic E-state index is 13.0. The van der Waals surface area contributed by atoms with Crippen LogP contribution in [0, 0.1) is 0 Å². The molecule has 0 radical (unpaired) electrons. The van der Waals surface area contributed by atoms with Crippen LogP contribution in [0.5, 0.6) is 5.88 Å². The molecule has 0 bridgehead atoms. The van der Waals surface area contributed by atoms with Gasteiger partial charge < -0.3 is 47.7 Å². The fourth-order valence-corrected chi connectivity index (χ4v) is 9.84. The summed E-state index contributed by atoms with van der Waals surface area (Å²) in [6, 6.07) is 0. The number of aromatic nitrogens is 2. The Balaban J connectivity index is 0.0000289. The fourth-order valence-electron chi connectivity index (χ4n) is 9.31. The highest BCUT2D eigenvalue weighted by Crippen LogP contribution is 2.30. The van der Waals surface area contributed by atoms with Crippen LogP contribution in [0.1, 0.15) is 277 Å². The minimum atomic E-state index is -0.867. The molecule has 0 aliphatic carbocycles. The Morgan fingerprint density at radius 2 is 0.921 bits per heavy atom. The third kappa shape index (κ3) is 40.4. The van der Waals surface area contributed by atoms with Crippen LogP contribution in [0.3, 0.4) is 0 Å². The van der Waals surface area contributed by atoms with Gasteiger partial charge in [0.05, 0.1) is 31.9 Å². The lowest BCUT2D eigenvalue weighted by atomic mass is 10.1. The summed E-state index contributed by atoms with van der Waals surface area (Å²) in [6.45, 7) is 8.87. The molecule has 1 unspecified atom stereocenters. The van der Waals surface area contributed by atoms with Crippen LogP contribution < -0.4 is 28.7 Å². The summed E-state index contributed by atoms with van der Waals surface area (Å²) in [5.74, 6) is -0.715. The van der Waals surface area contributed by atoms with E-state index in [1.807, 2.05) is 0 Å². The Hall–Kier alpha value is -2.85. The smallest absolute Gasteiger partial charge is 0.310 e. The molecule has 0 aromatic carbocycles. The fraction of sp³-hybridized carbons (Fsp3) is 0.806. The van der Waals surface area contributed by atoms with Gasteiger partial charge in [-0.3, -0.25) is 23.7 Å². The summed E-state index contributed by atoms with van der Waals surface area (Å²) in [4.78, 5) is 51.2. The summed E-state index contributed by atoms with van der Waals surface area (Å²) in [5, 5.41) is 0. The van der Waals surface area contributed by atoms with Crippen molar-refractivity contribution in [2.45, 2.75) is 277 Å². The number of carbonyl (C=O) groups is 4. The summed E-state index contributed by atoms with van der Waals surface area (Å²) in [6.07, 6.45) is 50.6. The maximum Gasteiger partial charge on any atom is 0.310 e. The normalized spacial score (nSPS) is 14.5. The van der Waals surface area contributed by atoms with E-state index in [1.54, 1.807) is 0 Å². The van der Waals surface area contributed by atoms with Crippen molar-refractivity contribution in [3.05, 3.63) is 36.1 Å². The zero-order valence-electron chi connectivity index (χ0n) is 48.6. The van der Waals surface area contributed by atoms with E-state index in [2.05, 4.69) is 66.9 Å². The molecule has 1 atom stereocenters. The molecule has 2 rings (SSSR count). The second-order valence-corrected chi connectivity index (χ2v) is 22.1. The zero-order valence-corrected chi connectivity index (χ0v) is 51.6. The van der Waals surface area contributed by atoms with Crippen molar-refractivity contribution in [2.75, 3.05) is 46.7 Å². The summed E-state index contributed by atoms with van der Waals surface area (Å²) in [5.41, 5.74) is 1.88. The largest absolute Gasteiger partial charge is 1.00 e. The van der Waals surface area contributed by atoms with Crippen molar-refractivity contribution in [1.82, 2.24) is 8.75 Å². The molecule has 0 amide bonds. The number of hydrogen-bond donors (Lipinski definition) is 0. The molecule has 0 saturated heterocycles. The first kappa shape index (κ1) is 71.2. The molecular weight excluding hydrogens is 1090 g/mol. The number of ether oxygens (including phenoxy) is 5. The first-order valence-electron chi connectivity index (χ1n) is 30.6. The number of rotatable bonds is 51. The average Bonchev–Trinajstić information content (AvgIpc) is 3.88. The van der Waals surface area contributed by atoms with E-state index in [-0.39, 0.29) is 68.2 Å². The highest BCUT2D eigenvalue weighted by molar-refractivity contribution is 6.99. The van der Waals surface area contributed by atoms with Crippen LogP contribution in [0.4, 0.5) is 0 Å². The molecule has 0 fully saturated rings. The van der Waals surface area contributed by atoms with Crippen LogP contribution in [0.15, 0.2) is 30.4 Å². The van der Waals surface area contributed by atoms with Crippen molar-refractivity contribution in [1.29, 1.82) is 0 Å². The van der Waals surface area contributed by atoms with Crippen molar-refractivity contribution < 1.29 is 71.3 Å². The predicted molar refractivity (Wildman–Crippen MR) is 307 cm³/mol. The van der Waals surface area contributed by atoms with E-state index in [0.717, 1.165) is 114 Å². The van der Waals surface area contributed by atoms with Crippen LogP contribution in [0.25, 0.3) is 5.57 Å². The Bertz CT molecular complexity index is 1630. The Morgan fingerprint density at radius 1 is 0.526 bits per heavy atom. The maximum absolute atomic E-state index is 13.0. The van der Waals surface area contributed by atoms with Crippen LogP contribution in [-0.4, -0.2) is 89.9 Å². The second-order valence-electron chi connectivity index (χ2n) is 21.6. The van der Waals surface area contributed by atoms with Gasteiger partial charge in [0.25, 0.3) is 5.88 Å². The molecule has 14 heteroatoms. The number of unbranched alkanes of at least 4 members (excludes halogenated alkanes) is 28. The summed E-state index contributed by atoms with van der Waals surface area (Å²) < 4.78 is 38.2. The predicted octanol–water partition coefficient (Wildman–Crippen LogP) is 13.6. The van der Waals surface area contributed by atoms with E-state index >= 15 is 0 Å². The Morgan fingerprint density at radius 3 is 1.38 bits per heavy atom. The lowest BCUT2D eigenvalue weighted by Gasteiger charge is -2.36. The second kappa shape index (κ2) is 50.4. The first-order valence-corrected chi connectivity index (χ1v) is 31.4. The van der Waals surface area contributed by atoms with E-state index in [0.29, 0.717) is 55.6 Å². The molecule has 1 aliphatic rings. The molecule has 2 heterocycles. The summed E-state index contributed by atoms with van der Waals surface area (Å²) in [7, 11) is 2.10. The molecule has 1 aromatic rings. The summed E-state index contributed by atoms with van der Waals surface area (Å²) >= 11 is 1.17. The van der Waals surface area contributed by atoms with Gasteiger partial charge in [-0.25, -0.2) is 0 Å². The van der Waals surface area contributed by atoms with Crippen LogP contribution >= 0.6 is 11.7 Å². The molecule has 0 N–H and O–H groups in total. The SMILES string of the molecule is CCCCCCCC/C=C\CCCCCCCC(=O)OCC(COC(=O)CCCCCCC/C=C\CCCCCCCC)OC(=O)CCCCCCC(=O)OC[N+]1(C)CCC=C(c2nsnc2OCCCCCC)C1.[I-]. The molecular formula is C62H108IN3O9S. The van der Waals surface area contributed by atoms with Crippen molar-refractivity contribution in [2.24, 2.45) is 0 Å². The number of quaternary nitrogens is 1. The lowest BCUT2D eigenvalue weighted by Crippen LogP contribution is -3.00. The zero-order chi connectivity index (χ0) is 54.1. The van der Waals surface area contributed by atoms with Gasteiger partial charge in [-0.05, 0) is 83.5 Å². The van der Waals surface area contributed by atoms with Crippen molar-refractivity contribution in [3.63, 3.8) is 0 Å². The molecule has 0 saturated carbocycles. The number of hydrogen-bond acceptors (Lipinski definition) is 12. The van der Waals surface area contributed by atoms with Crippen molar-refractivity contribution >= 4 is 41.2 Å². The lowest BCUT2D eigenvalue weighted by molar-refractivity contribution is -0.919. The first-order chi connectivity index (χ1) is 36.7. The Kier molecular flexibility index (Phi) is 47.2. The molecule has 1 aliphatic heterocycles. The molecule has 76 heavy (non-hydrogen) atoms. The average molecular weight is 1200 g/mol. The minimum absolute atomic E-state index is 0. The quantitative estimate of drug-likeness (QED) is 0.0154. The number of halogens is 1. The highest BCUT2D eigenvalue weighted by Gasteiger charge is 2.31. The van der Waals surface area contributed by atoms with Crippen LogP contribution in [0.2, 0.25) is 0 Å². The van der Waals surface area contributed by atoms with E-state index in [4.69, 9.17) is 23.7 Å². The van der Waals surface area contributed by atoms with Gasteiger partial charge in [-0.1, -0.05) is 186 Å². The molecule has 0 spiro atoms. The van der Waals surface area contributed by atoms with Gasteiger partial charge in [-0.15, -0.1) is 4.37 Å². The molecule has 12 nitrogen and oxygen atoms in total. The number of carbonyl (C=O) groups excluding carboxylic acids is 4. The van der Waals surface area contributed by atoms with Crippen molar-refractivity contribution in [3.8, 4) is 5.88 Å². The minimum Gasteiger partial charge on any atom is -1.00 e. The van der Waals surface area contributed by atoms with Crippen LogP contribution in [-0.2, 0) is 38.1 Å².